The molecule has 2 heterocycles. The van der Waals surface area contributed by atoms with Gasteiger partial charge in [-0.15, -0.1) is 11.8 Å². The number of carbonyl (C=O) groups is 1. The van der Waals surface area contributed by atoms with Crippen molar-refractivity contribution in [3.8, 4) is 17.2 Å². The van der Waals surface area contributed by atoms with Crippen LogP contribution in [0.2, 0.25) is 0 Å². The zero-order valence-electron chi connectivity index (χ0n) is 16.3. The molecule has 0 N–H and O–H groups in total. The minimum atomic E-state index is 0.0398. The van der Waals surface area contributed by atoms with E-state index in [4.69, 9.17) is 14.2 Å². The van der Waals surface area contributed by atoms with Gasteiger partial charge >= 0.3 is 0 Å². The Balaban J connectivity index is 1.48. The lowest BCUT2D eigenvalue weighted by atomic mass is 9.89. The van der Waals surface area contributed by atoms with E-state index >= 15 is 0 Å². The average Bonchev–Trinajstić information content (AvgIpc) is 3.21. The lowest BCUT2D eigenvalue weighted by molar-refractivity contribution is 0.0808. The number of hydrogen-bond donors (Lipinski definition) is 0. The minimum Gasteiger partial charge on any atom is -0.493 e. The van der Waals surface area contributed by atoms with E-state index in [-0.39, 0.29) is 18.5 Å². The highest BCUT2D eigenvalue weighted by Crippen LogP contribution is 2.42. The fraction of sp³-hybridized carbons (Fsp3) is 0.409. The molecule has 2 aromatic carbocycles. The maximum Gasteiger partial charge on any atom is 0.231 e. The number of ketones is 1. The van der Waals surface area contributed by atoms with Crippen molar-refractivity contribution in [1.29, 1.82) is 0 Å². The van der Waals surface area contributed by atoms with Gasteiger partial charge in [-0.25, -0.2) is 0 Å². The number of rotatable bonds is 6. The maximum absolute atomic E-state index is 13.1. The van der Waals surface area contributed by atoms with Gasteiger partial charge < -0.3 is 14.2 Å². The Kier molecular flexibility index (Phi) is 5.78. The van der Waals surface area contributed by atoms with Crippen molar-refractivity contribution in [3.05, 3.63) is 47.5 Å². The molecule has 2 aromatic rings. The van der Waals surface area contributed by atoms with Gasteiger partial charge in [-0.05, 0) is 49.4 Å². The topological polar surface area (TPSA) is 48.0 Å². The number of piperidine rings is 1. The quantitative estimate of drug-likeness (QED) is 0.535. The predicted molar refractivity (Wildman–Crippen MR) is 110 cm³/mol. The Morgan fingerprint density at radius 3 is 2.96 bits per heavy atom. The normalized spacial score (nSPS) is 18.9. The Morgan fingerprint density at radius 2 is 2.14 bits per heavy atom. The molecule has 28 heavy (non-hydrogen) atoms. The second-order valence-electron chi connectivity index (χ2n) is 7.17. The monoisotopic (exact) mass is 399 g/mol. The van der Waals surface area contributed by atoms with Gasteiger partial charge in [0.05, 0.1) is 7.11 Å². The molecule has 0 saturated carbocycles. The number of Topliss-reactive ketones (excluding diaryl/α,β-unsaturated/α-hetero) is 1. The van der Waals surface area contributed by atoms with Crippen LogP contribution in [-0.4, -0.2) is 43.9 Å². The maximum atomic E-state index is 13.1. The summed E-state index contributed by atoms with van der Waals surface area (Å²) in [4.78, 5) is 16.5. The highest BCUT2D eigenvalue weighted by atomic mass is 32.2. The van der Waals surface area contributed by atoms with Crippen molar-refractivity contribution in [1.82, 2.24) is 4.90 Å². The third kappa shape index (κ3) is 3.84. The lowest BCUT2D eigenvalue weighted by Crippen LogP contribution is -2.38. The number of nitrogens with zero attached hydrogens (tertiary/aromatic N) is 1. The second-order valence-corrected chi connectivity index (χ2v) is 8.02. The summed E-state index contributed by atoms with van der Waals surface area (Å²) in [6, 6.07) is 11.9. The van der Waals surface area contributed by atoms with E-state index in [0.717, 1.165) is 54.2 Å². The van der Waals surface area contributed by atoms with E-state index in [2.05, 4.69) is 4.90 Å². The molecule has 2 aliphatic heterocycles. The molecule has 0 aliphatic carbocycles. The number of likely N-dealkylation sites (tertiary alicyclic amines) is 1. The third-order valence-electron chi connectivity index (χ3n) is 5.37. The number of carbonyl (C=O) groups excluding carboxylic acids is 1. The van der Waals surface area contributed by atoms with E-state index in [1.54, 1.807) is 18.9 Å². The van der Waals surface area contributed by atoms with Crippen LogP contribution in [-0.2, 0) is 6.54 Å². The molecule has 148 valence electrons. The SMILES string of the molecule is COc1cc(CN2CCCC(C(=O)c3ccccc3SC)C2)cc2c1OCO2. The number of benzene rings is 2. The van der Waals surface area contributed by atoms with Crippen LogP contribution in [0.1, 0.15) is 28.8 Å². The summed E-state index contributed by atoms with van der Waals surface area (Å²) in [6.07, 6.45) is 3.99. The summed E-state index contributed by atoms with van der Waals surface area (Å²) in [7, 11) is 1.64. The molecule has 5 nitrogen and oxygen atoms in total. The molecular weight excluding hydrogens is 374 g/mol. The van der Waals surface area contributed by atoms with E-state index in [1.165, 1.54) is 0 Å². The van der Waals surface area contributed by atoms with Crippen LogP contribution < -0.4 is 14.2 Å². The molecule has 0 spiro atoms. The van der Waals surface area contributed by atoms with Gasteiger partial charge in [-0.2, -0.15) is 0 Å². The fourth-order valence-electron chi connectivity index (χ4n) is 4.01. The number of methoxy groups -OCH3 is 1. The molecule has 2 aliphatic rings. The molecule has 0 amide bonds. The standard InChI is InChI=1S/C22H25NO4S/c1-25-18-10-15(11-19-22(18)27-14-26-19)12-23-9-5-6-16(13-23)21(24)17-7-3-4-8-20(17)28-2/h3-4,7-8,10-11,16H,5-6,9,12-14H2,1-2H3. The fourth-order valence-corrected chi connectivity index (χ4v) is 4.62. The van der Waals surface area contributed by atoms with E-state index in [9.17, 15) is 4.79 Å². The van der Waals surface area contributed by atoms with Gasteiger partial charge in [0.1, 0.15) is 0 Å². The molecule has 1 atom stereocenters. The number of fused-ring (bicyclic) bond motifs is 1. The highest BCUT2D eigenvalue weighted by molar-refractivity contribution is 7.98. The van der Waals surface area contributed by atoms with Crippen LogP contribution >= 0.6 is 11.8 Å². The van der Waals surface area contributed by atoms with E-state index in [1.807, 2.05) is 42.7 Å². The summed E-state index contributed by atoms with van der Waals surface area (Å²) in [5, 5.41) is 0. The zero-order chi connectivity index (χ0) is 19.5. The van der Waals surface area contributed by atoms with E-state index in [0.29, 0.717) is 11.5 Å². The molecule has 1 unspecified atom stereocenters. The summed E-state index contributed by atoms with van der Waals surface area (Å²) in [5.41, 5.74) is 1.96. The predicted octanol–water partition coefficient (Wildman–Crippen LogP) is 4.24. The average molecular weight is 400 g/mol. The minimum absolute atomic E-state index is 0.0398. The summed E-state index contributed by atoms with van der Waals surface area (Å²) in [5.74, 6) is 2.40. The van der Waals surface area contributed by atoms with Crippen molar-refractivity contribution in [3.63, 3.8) is 0 Å². The van der Waals surface area contributed by atoms with Crippen molar-refractivity contribution >= 4 is 17.5 Å². The Bertz CT molecular complexity index is 870. The molecule has 0 bridgehead atoms. The third-order valence-corrected chi connectivity index (χ3v) is 6.17. The molecule has 1 saturated heterocycles. The first-order valence-electron chi connectivity index (χ1n) is 9.55. The number of thioether (sulfide) groups is 1. The Labute approximate surface area is 170 Å². The van der Waals surface area contributed by atoms with Gasteiger partial charge in [-0.1, -0.05) is 18.2 Å². The Hall–Kier alpha value is -2.18. The molecule has 4 rings (SSSR count). The van der Waals surface area contributed by atoms with Crippen molar-refractivity contribution in [2.75, 3.05) is 33.2 Å². The highest BCUT2D eigenvalue weighted by Gasteiger charge is 2.28. The van der Waals surface area contributed by atoms with Crippen LogP contribution in [0.4, 0.5) is 0 Å². The first-order valence-corrected chi connectivity index (χ1v) is 10.8. The second kappa shape index (κ2) is 8.45. The van der Waals surface area contributed by atoms with Crippen molar-refractivity contribution in [2.24, 2.45) is 5.92 Å². The van der Waals surface area contributed by atoms with Crippen molar-refractivity contribution < 1.29 is 19.0 Å². The van der Waals surface area contributed by atoms with Crippen LogP contribution in [0.5, 0.6) is 17.2 Å². The smallest absolute Gasteiger partial charge is 0.231 e. The van der Waals surface area contributed by atoms with Crippen LogP contribution in [0.3, 0.4) is 0 Å². The molecule has 6 heteroatoms. The first kappa shape index (κ1) is 19.2. The van der Waals surface area contributed by atoms with Gasteiger partial charge in [-0.3, -0.25) is 9.69 Å². The van der Waals surface area contributed by atoms with Gasteiger partial charge in [0.15, 0.2) is 17.3 Å². The van der Waals surface area contributed by atoms with E-state index < -0.39 is 0 Å². The molecule has 1 fully saturated rings. The van der Waals surface area contributed by atoms with Crippen LogP contribution in [0.15, 0.2) is 41.3 Å². The molecule has 0 radical (unpaired) electrons. The Morgan fingerprint density at radius 1 is 1.29 bits per heavy atom. The van der Waals surface area contributed by atoms with Crippen molar-refractivity contribution in [2.45, 2.75) is 24.3 Å². The first-order chi connectivity index (χ1) is 13.7. The van der Waals surface area contributed by atoms with Gasteiger partial charge in [0.25, 0.3) is 0 Å². The zero-order valence-corrected chi connectivity index (χ0v) is 17.1. The largest absolute Gasteiger partial charge is 0.493 e. The van der Waals surface area contributed by atoms with Gasteiger partial charge in [0, 0.05) is 29.5 Å². The van der Waals surface area contributed by atoms with Crippen LogP contribution in [0.25, 0.3) is 0 Å². The molecular formula is C22H25NO4S. The summed E-state index contributed by atoms with van der Waals surface area (Å²) in [6.45, 7) is 2.76. The molecule has 0 aromatic heterocycles. The van der Waals surface area contributed by atoms with Crippen LogP contribution in [0, 0.1) is 5.92 Å². The number of hydrogen-bond acceptors (Lipinski definition) is 6. The van der Waals surface area contributed by atoms with Gasteiger partial charge in [0.2, 0.25) is 12.5 Å². The summed E-state index contributed by atoms with van der Waals surface area (Å²) < 4.78 is 16.5. The summed E-state index contributed by atoms with van der Waals surface area (Å²) >= 11 is 1.63. The number of ether oxygens (including phenoxy) is 3. The lowest BCUT2D eigenvalue weighted by Gasteiger charge is -2.32.